The number of ether oxygens (including phenoxy) is 1. The van der Waals surface area contributed by atoms with Crippen LogP contribution in [-0.4, -0.2) is 66.2 Å². The predicted octanol–water partition coefficient (Wildman–Crippen LogP) is 1.44. The normalized spacial score (nSPS) is 20.3. The molecular weight excluding hydrogens is 332 g/mol. The molecule has 1 N–H and O–H groups in total. The van der Waals surface area contributed by atoms with Crippen molar-refractivity contribution in [2.24, 2.45) is 0 Å². The van der Waals surface area contributed by atoms with E-state index in [1.807, 2.05) is 6.07 Å². The van der Waals surface area contributed by atoms with Crippen LogP contribution in [0.15, 0.2) is 18.3 Å². The van der Waals surface area contributed by atoms with E-state index in [2.05, 4.69) is 10.3 Å². The zero-order chi connectivity index (χ0) is 16.9. The van der Waals surface area contributed by atoms with Gasteiger partial charge in [-0.3, -0.25) is 4.79 Å². The predicted molar refractivity (Wildman–Crippen MR) is 88.7 cm³/mol. The Bertz CT molecular complexity index is 589. The first-order valence-electron chi connectivity index (χ1n) is 8.13. The fourth-order valence-electron chi connectivity index (χ4n) is 2.84. The maximum atomic E-state index is 12.6. The fraction of sp³-hybridized carbons (Fsp3) is 0.562. The van der Waals surface area contributed by atoms with Gasteiger partial charge < -0.3 is 19.9 Å². The van der Waals surface area contributed by atoms with Crippen molar-refractivity contribution >= 4 is 23.5 Å². The van der Waals surface area contributed by atoms with Gasteiger partial charge in [0.15, 0.2) is 0 Å². The summed E-state index contributed by atoms with van der Waals surface area (Å²) >= 11 is 5.80. The first kappa shape index (κ1) is 17.0. The van der Waals surface area contributed by atoms with E-state index in [-0.39, 0.29) is 25.3 Å². The number of aromatic nitrogens is 1. The van der Waals surface area contributed by atoms with E-state index >= 15 is 0 Å². The first-order valence-corrected chi connectivity index (χ1v) is 8.51. The third-order valence-corrected chi connectivity index (χ3v) is 4.53. The molecule has 0 aromatic carbocycles. The van der Waals surface area contributed by atoms with Gasteiger partial charge in [0.05, 0.1) is 0 Å². The molecule has 0 bridgehead atoms. The summed E-state index contributed by atoms with van der Waals surface area (Å²) in [5.41, 5.74) is 1.09. The number of nitrogens with one attached hydrogen (secondary N) is 1. The number of hydrogen-bond donors (Lipinski definition) is 1. The molecule has 1 aromatic rings. The first-order chi connectivity index (χ1) is 11.6. The number of halogens is 1. The second kappa shape index (κ2) is 7.81. The average Bonchev–Trinajstić information content (AvgIpc) is 2.53. The maximum Gasteiger partial charge on any atom is 0.321 e. The molecule has 24 heavy (non-hydrogen) atoms. The molecular formula is C16H21ClN4O3. The van der Waals surface area contributed by atoms with E-state index in [4.69, 9.17) is 16.3 Å². The van der Waals surface area contributed by atoms with E-state index in [1.54, 1.807) is 22.1 Å². The Morgan fingerprint density at radius 1 is 1.29 bits per heavy atom. The van der Waals surface area contributed by atoms with E-state index in [9.17, 15) is 9.59 Å². The highest BCUT2D eigenvalue weighted by Gasteiger charge is 2.34. The topological polar surface area (TPSA) is 74.8 Å². The number of rotatable bonds is 1. The second-order valence-electron chi connectivity index (χ2n) is 6.10. The van der Waals surface area contributed by atoms with Crippen molar-refractivity contribution in [2.45, 2.75) is 18.8 Å². The molecule has 130 valence electrons. The molecule has 2 fully saturated rings. The van der Waals surface area contributed by atoms with Gasteiger partial charge in [-0.15, -0.1) is 0 Å². The van der Waals surface area contributed by atoms with Crippen molar-refractivity contribution in [1.29, 1.82) is 0 Å². The Morgan fingerprint density at radius 2 is 2.12 bits per heavy atom. The molecule has 8 heteroatoms. The van der Waals surface area contributed by atoms with E-state index < -0.39 is 0 Å². The van der Waals surface area contributed by atoms with Crippen LogP contribution in [0.25, 0.3) is 0 Å². The number of pyridine rings is 1. The summed E-state index contributed by atoms with van der Waals surface area (Å²) < 4.78 is 5.34. The number of carbonyl (C=O) groups excluding carboxylic acids is 2. The molecule has 0 saturated carbocycles. The summed E-state index contributed by atoms with van der Waals surface area (Å²) in [6, 6.07) is 3.69. The van der Waals surface area contributed by atoms with Crippen LogP contribution in [0.2, 0.25) is 5.15 Å². The fourth-order valence-corrected chi connectivity index (χ4v) is 2.96. The number of urea groups is 1. The van der Waals surface area contributed by atoms with Crippen molar-refractivity contribution in [2.75, 3.05) is 39.5 Å². The lowest BCUT2D eigenvalue weighted by Crippen LogP contribution is -2.54. The third-order valence-electron chi connectivity index (χ3n) is 4.30. The van der Waals surface area contributed by atoms with Crippen LogP contribution in [0, 0.1) is 0 Å². The molecule has 2 saturated heterocycles. The van der Waals surface area contributed by atoms with Crippen LogP contribution in [-0.2, 0) is 9.53 Å². The monoisotopic (exact) mass is 352 g/mol. The second-order valence-corrected chi connectivity index (χ2v) is 6.48. The zero-order valence-corrected chi connectivity index (χ0v) is 14.2. The average molecular weight is 353 g/mol. The largest absolute Gasteiger partial charge is 0.354 e. The Balaban J connectivity index is 1.52. The van der Waals surface area contributed by atoms with Crippen LogP contribution in [0.5, 0.6) is 0 Å². The van der Waals surface area contributed by atoms with Gasteiger partial charge in [-0.1, -0.05) is 17.7 Å². The molecule has 0 atom stereocenters. The summed E-state index contributed by atoms with van der Waals surface area (Å²) in [4.78, 5) is 31.6. The van der Waals surface area contributed by atoms with Crippen molar-refractivity contribution < 1.29 is 14.3 Å². The summed E-state index contributed by atoms with van der Waals surface area (Å²) in [6.07, 6.45) is 3.46. The Morgan fingerprint density at radius 3 is 2.88 bits per heavy atom. The molecule has 0 aliphatic carbocycles. The lowest BCUT2D eigenvalue weighted by Gasteiger charge is -2.42. The van der Waals surface area contributed by atoms with Gasteiger partial charge in [0.2, 0.25) is 5.91 Å². The van der Waals surface area contributed by atoms with E-state index in [0.717, 1.165) is 18.4 Å². The quantitative estimate of drug-likeness (QED) is 0.776. The summed E-state index contributed by atoms with van der Waals surface area (Å²) in [5.74, 6) is 0.162. The highest BCUT2D eigenvalue weighted by atomic mass is 35.5. The van der Waals surface area contributed by atoms with Gasteiger partial charge in [0, 0.05) is 38.3 Å². The van der Waals surface area contributed by atoms with Gasteiger partial charge in [-0.25, -0.2) is 9.78 Å². The smallest absolute Gasteiger partial charge is 0.321 e. The minimum absolute atomic E-state index is 0.0111. The molecule has 3 rings (SSSR count). The highest BCUT2D eigenvalue weighted by Crippen LogP contribution is 2.28. The number of likely N-dealkylation sites (tertiary alicyclic amines) is 1. The van der Waals surface area contributed by atoms with Crippen LogP contribution in [0.3, 0.4) is 0 Å². The molecule has 3 heterocycles. The van der Waals surface area contributed by atoms with Gasteiger partial charge in [-0.2, -0.15) is 0 Å². The van der Waals surface area contributed by atoms with Gasteiger partial charge in [0.1, 0.15) is 18.5 Å². The molecule has 3 amide bonds. The maximum absolute atomic E-state index is 12.6. The van der Waals surface area contributed by atoms with Crippen LogP contribution < -0.4 is 5.32 Å². The lowest BCUT2D eigenvalue weighted by atomic mass is 9.93. The van der Waals surface area contributed by atoms with Crippen LogP contribution >= 0.6 is 11.6 Å². The molecule has 0 radical (unpaired) electrons. The lowest BCUT2D eigenvalue weighted by molar-refractivity contribution is -0.127. The molecule has 0 unspecified atom stereocenters. The van der Waals surface area contributed by atoms with Crippen molar-refractivity contribution in [3.8, 4) is 0 Å². The SMILES string of the molecule is O=C1COCN(C(=O)N2CC(c3ccc(Cl)nc3)C2)CCCCN1. The Kier molecular flexibility index (Phi) is 5.52. The van der Waals surface area contributed by atoms with E-state index in [0.29, 0.717) is 37.3 Å². The summed E-state index contributed by atoms with van der Waals surface area (Å²) in [7, 11) is 0. The van der Waals surface area contributed by atoms with E-state index in [1.165, 1.54) is 0 Å². The Hall–Kier alpha value is -1.86. The number of amides is 3. The molecule has 0 spiro atoms. The minimum atomic E-state index is -0.136. The highest BCUT2D eigenvalue weighted by molar-refractivity contribution is 6.29. The van der Waals surface area contributed by atoms with Gasteiger partial charge in [0.25, 0.3) is 0 Å². The molecule has 7 nitrogen and oxygen atoms in total. The molecule has 2 aliphatic rings. The van der Waals surface area contributed by atoms with Crippen LogP contribution in [0.1, 0.15) is 24.3 Å². The van der Waals surface area contributed by atoms with Crippen LogP contribution in [0.4, 0.5) is 4.79 Å². The third kappa shape index (κ3) is 4.15. The van der Waals surface area contributed by atoms with Crippen molar-refractivity contribution in [3.63, 3.8) is 0 Å². The van der Waals surface area contributed by atoms with Crippen molar-refractivity contribution in [1.82, 2.24) is 20.1 Å². The number of nitrogens with zero attached hydrogens (tertiary/aromatic N) is 3. The summed E-state index contributed by atoms with van der Waals surface area (Å²) in [6.45, 7) is 2.73. The number of hydrogen-bond acceptors (Lipinski definition) is 4. The van der Waals surface area contributed by atoms with Crippen molar-refractivity contribution in [3.05, 3.63) is 29.0 Å². The minimum Gasteiger partial charge on any atom is -0.354 e. The van der Waals surface area contributed by atoms with Gasteiger partial charge in [-0.05, 0) is 24.5 Å². The number of carbonyl (C=O) groups is 2. The molecule has 1 aromatic heterocycles. The van der Waals surface area contributed by atoms with Gasteiger partial charge >= 0.3 is 6.03 Å². The molecule has 2 aliphatic heterocycles. The standard InChI is InChI=1S/C16H21ClN4O3/c17-14-4-3-12(7-19-14)13-8-21(9-13)16(23)20-6-2-1-5-18-15(22)10-24-11-20/h3-4,7,13H,1-2,5-6,8-11H2,(H,18,22). The Labute approximate surface area is 145 Å². The zero-order valence-electron chi connectivity index (χ0n) is 13.4. The summed E-state index contributed by atoms with van der Waals surface area (Å²) in [5, 5.41) is 3.25.